The summed E-state index contributed by atoms with van der Waals surface area (Å²) in [6, 6.07) is 12.7. The standard InChI is InChI=1S/C26H25Cl2FN4/c1-15(31-25-22-13-18(27)6-8-24(22)32-26(28)33-25)12-16-2-4-17(5-3-16)20-10-11-30-23-9-7-19(29)14-21(20)23/h6-11,13-17H,2-5,12H2,1H3,(H,31,32,33)/t15-,16?,17?/m1/s1. The first-order chi connectivity index (χ1) is 16.0. The highest BCUT2D eigenvalue weighted by Crippen LogP contribution is 2.40. The number of pyridine rings is 1. The zero-order chi connectivity index (χ0) is 22.9. The minimum atomic E-state index is -0.205. The maximum Gasteiger partial charge on any atom is 0.224 e. The average molecular weight is 483 g/mol. The van der Waals surface area contributed by atoms with Crippen molar-refractivity contribution in [3.05, 3.63) is 70.3 Å². The number of nitrogens with one attached hydrogen (secondary N) is 1. The van der Waals surface area contributed by atoms with Crippen molar-refractivity contribution in [1.82, 2.24) is 15.0 Å². The maximum atomic E-state index is 13.9. The van der Waals surface area contributed by atoms with Gasteiger partial charge in [-0.05, 0) is 110 Å². The molecule has 0 spiro atoms. The highest BCUT2D eigenvalue weighted by Gasteiger charge is 2.25. The van der Waals surface area contributed by atoms with Crippen molar-refractivity contribution in [3.63, 3.8) is 0 Å². The van der Waals surface area contributed by atoms with Gasteiger partial charge in [0.2, 0.25) is 5.28 Å². The highest BCUT2D eigenvalue weighted by atomic mass is 35.5. The molecule has 1 fully saturated rings. The first-order valence-corrected chi connectivity index (χ1v) is 12.2. The molecule has 1 aliphatic carbocycles. The third-order valence-electron chi connectivity index (χ3n) is 6.72. The normalized spacial score (nSPS) is 19.6. The molecule has 2 aromatic heterocycles. The number of hydrogen-bond donors (Lipinski definition) is 1. The summed E-state index contributed by atoms with van der Waals surface area (Å²) in [6.45, 7) is 2.18. The second-order valence-corrected chi connectivity index (χ2v) is 9.84. The van der Waals surface area contributed by atoms with E-state index in [1.54, 1.807) is 18.2 Å². The van der Waals surface area contributed by atoms with Crippen LogP contribution in [0, 0.1) is 11.7 Å². The van der Waals surface area contributed by atoms with Gasteiger partial charge in [-0.3, -0.25) is 4.98 Å². The predicted octanol–water partition coefficient (Wildman–Crippen LogP) is 7.79. The lowest BCUT2D eigenvalue weighted by Crippen LogP contribution is -2.23. The topological polar surface area (TPSA) is 50.7 Å². The predicted molar refractivity (Wildman–Crippen MR) is 134 cm³/mol. The average Bonchev–Trinajstić information content (AvgIpc) is 2.79. The molecule has 1 aliphatic rings. The van der Waals surface area contributed by atoms with Crippen LogP contribution in [0.5, 0.6) is 0 Å². The fourth-order valence-corrected chi connectivity index (χ4v) is 5.53. The van der Waals surface area contributed by atoms with Crippen LogP contribution in [0.15, 0.2) is 48.7 Å². The van der Waals surface area contributed by atoms with Gasteiger partial charge in [-0.25, -0.2) is 14.4 Å². The van der Waals surface area contributed by atoms with Gasteiger partial charge in [-0.2, -0.15) is 0 Å². The fraction of sp³-hybridized carbons (Fsp3) is 0.346. The molecule has 33 heavy (non-hydrogen) atoms. The fourth-order valence-electron chi connectivity index (χ4n) is 5.18. The van der Waals surface area contributed by atoms with Gasteiger partial charge in [0.05, 0.1) is 11.0 Å². The van der Waals surface area contributed by atoms with E-state index < -0.39 is 0 Å². The molecule has 2 heterocycles. The summed E-state index contributed by atoms with van der Waals surface area (Å²) < 4.78 is 13.9. The second-order valence-electron chi connectivity index (χ2n) is 9.06. The Bertz CT molecular complexity index is 1300. The van der Waals surface area contributed by atoms with Gasteiger partial charge in [0.15, 0.2) is 0 Å². The summed E-state index contributed by atoms with van der Waals surface area (Å²) in [6.07, 6.45) is 7.38. The largest absolute Gasteiger partial charge is 0.367 e. The third kappa shape index (κ3) is 4.90. The van der Waals surface area contributed by atoms with Crippen molar-refractivity contribution in [3.8, 4) is 0 Å². The quantitative estimate of drug-likeness (QED) is 0.295. The molecule has 4 aromatic rings. The van der Waals surface area contributed by atoms with Gasteiger partial charge >= 0.3 is 0 Å². The number of aromatic nitrogens is 3. The van der Waals surface area contributed by atoms with E-state index in [1.165, 1.54) is 11.6 Å². The Morgan fingerprint density at radius 3 is 2.58 bits per heavy atom. The van der Waals surface area contributed by atoms with Crippen LogP contribution >= 0.6 is 23.2 Å². The first-order valence-electron chi connectivity index (χ1n) is 11.4. The van der Waals surface area contributed by atoms with E-state index in [4.69, 9.17) is 23.2 Å². The molecule has 7 heteroatoms. The van der Waals surface area contributed by atoms with Crippen LogP contribution in [0.2, 0.25) is 10.3 Å². The van der Waals surface area contributed by atoms with E-state index in [0.717, 1.165) is 59.7 Å². The lowest BCUT2D eigenvalue weighted by atomic mass is 9.76. The van der Waals surface area contributed by atoms with Crippen molar-refractivity contribution >= 4 is 50.8 Å². The third-order valence-corrected chi connectivity index (χ3v) is 7.13. The van der Waals surface area contributed by atoms with Crippen LogP contribution in [0.25, 0.3) is 21.8 Å². The van der Waals surface area contributed by atoms with Crippen molar-refractivity contribution in [2.24, 2.45) is 5.92 Å². The zero-order valence-corrected chi connectivity index (χ0v) is 19.9. The van der Waals surface area contributed by atoms with E-state index >= 15 is 0 Å². The summed E-state index contributed by atoms with van der Waals surface area (Å²) in [5.74, 6) is 1.59. The van der Waals surface area contributed by atoms with Crippen LogP contribution < -0.4 is 5.32 Å². The van der Waals surface area contributed by atoms with E-state index in [9.17, 15) is 4.39 Å². The molecule has 170 valence electrons. The lowest BCUT2D eigenvalue weighted by Gasteiger charge is -2.31. The molecule has 0 saturated heterocycles. The van der Waals surface area contributed by atoms with Crippen LogP contribution in [0.4, 0.5) is 10.2 Å². The summed E-state index contributed by atoms with van der Waals surface area (Å²) in [7, 11) is 0. The number of rotatable bonds is 5. The molecule has 1 N–H and O–H groups in total. The first kappa shape index (κ1) is 22.3. The van der Waals surface area contributed by atoms with Gasteiger partial charge in [0, 0.05) is 28.0 Å². The summed E-state index contributed by atoms with van der Waals surface area (Å²) in [5.41, 5.74) is 2.86. The lowest BCUT2D eigenvalue weighted by molar-refractivity contribution is 0.302. The molecular formula is C26H25Cl2FN4. The Balaban J connectivity index is 1.25. The van der Waals surface area contributed by atoms with E-state index in [1.807, 2.05) is 18.3 Å². The number of hydrogen-bond acceptors (Lipinski definition) is 4. The number of anilines is 1. The zero-order valence-electron chi connectivity index (χ0n) is 18.4. The Hall–Kier alpha value is -2.50. The van der Waals surface area contributed by atoms with Crippen molar-refractivity contribution in [2.45, 2.75) is 51.0 Å². The van der Waals surface area contributed by atoms with Gasteiger partial charge in [0.25, 0.3) is 0 Å². The van der Waals surface area contributed by atoms with Gasteiger partial charge in [-0.1, -0.05) is 11.6 Å². The van der Waals surface area contributed by atoms with Gasteiger partial charge < -0.3 is 5.32 Å². The number of halogens is 3. The van der Waals surface area contributed by atoms with Crippen LogP contribution in [0.3, 0.4) is 0 Å². The van der Waals surface area contributed by atoms with Gasteiger partial charge in [0.1, 0.15) is 11.6 Å². The Morgan fingerprint density at radius 1 is 0.970 bits per heavy atom. The number of benzene rings is 2. The number of nitrogens with zero attached hydrogens (tertiary/aromatic N) is 3. The molecule has 4 nitrogen and oxygen atoms in total. The molecular weight excluding hydrogens is 458 g/mol. The van der Waals surface area contributed by atoms with E-state index in [-0.39, 0.29) is 17.1 Å². The number of fused-ring (bicyclic) bond motifs is 2. The molecule has 1 atom stereocenters. The van der Waals surface area contributed by atoms with Crippen LogP contribution in [-0.4, -0.2) is 21.0 Å². The molecule has 0 unspecified atom stereocenters. The van der Waals surface area contributed by atoms with Crippen LogP contribution in [-0.2, 0) is 0 Å². The Morgan fingerprint density at radius 2 is 1.76 bits per heavy atom. The van der Waals surface area contributed by atoms with Gasteiger partial charge in [-0.15, -0.1) is 0 Å². The van der Waals surface area contributed by atoms with Crippen molar-refractivity contribution in [1.29, 1.82) is 0 Å². The highest BCUT2D eigenvalue weighted by molar-refractivity contribution is 6.31. The van der Waals surface area contributed by atoms with E-state index in [0.29, 0.717) is 16.9 Å². The molecule has 0 radical (unpaired) electrons. The Kier molecular flexibility index (Phi) is 6.35. The molecule has 2 aromatic carbocycles. The summed E-state index contributed by atoms with van der Waals surface area (Å²) in [4.78, 5) is 13.1. The maximum absolute atomic E-state index is 13.9. The minimum Gasteiger partial charge on any atom is -0.367 e. The van der Waals surface area contributed by atoms with Crippen molar-refractivity contribution < 1.29 is 4.39 Å². The molecule has 0 aliphatic heterocycles. The second kappa shape index (κ2) is 9.40. The summed E-state index contributed by atoms with van der Waals surface area (Å²) in [5, 5.41) is 6.22. The van der Waals surface area contributed by atoms with E-state index in [2.05, 4.69) is 33.3 Å². The molecule has 5 rings (SSSR count). The van der Waals surface area contributed by atoms with Crippen molar-refractivity contribution in [2.75, 3.05) is 5.32 Å². The summed E-state index contributed by atoms with van der Waals surface area (Å²) >= 11 is 12.3. The SMILES string of the molecule is C[C@H](CC1CCC(c2ccnc3ccc(F)cc23)CC1)Nc1nc(Cl)nc2ccc(Cl)cc12. The van der Waals surface area contributed by atoms with Crippen LogP contribution in [0.1, 0.15) is 50.5 Å². The Labute approximate surface area is 202 Å². The monoisotopic (exact) mass is 482 g/mol. The molecule has 0 bridgehead atoms. The minimum absolute atomic E-state index is 0.205. The molecule has 1 saturated carbocycles. The molecule has 0 amide bonds. The smallest absolute Gasteiger partial charge is 0.224 e.